The van der Waals surface area contributed by atoms with E-state index in [1.165, 1.54) is 0 Å². The minimum absolute atomic E-state index is 0.162. The Labute approximate surface area is 99.9 Å². The second-order valence-electron chi connectivity index (χ2n) is 4.05. The number of aromatic amines is 1. The van der Waals surface area contributed by atoms with Crippen LogP contribution in [0, 0.1) is 6.92 Å². The summed E-state index contributed by atoms with van der Waals surface area (Å²) in [5.74, 6) is 0.225. The number of nitrogens with zero attached hydrogens (tertiary/aromatic N) is 2. The average molecular weight is 232 g/mol. The standard InChI is InChI=1S/C12H16N4O/c1-8-3-4-12(17)11(16-8)7-13-9(2)10-5-14-15-6-10/h3-6,9,13,17H,7H2,1-2H3,(H,14,15). The van der Waals surface area contributed by atoms with E-state index in [1.54, 1.807) is 18.3 Å². The van der Waals surface area contributed by atoms with E-state index in [2.05, 4.69) is 20.5 Å². The maximum Gasteiger partial charge on any atom is 0.138 e. The van der Waals surface area contributed by atoms with Crippen LogP contribution in [0.1, 0.15) is 29.9 Å². The summed E-state index contributed by atoms with van der Waals surface area (Å²) in [6, 6.07) is 3.62. The number of aromatic hydroxyl groups is 1. The molecule has 2 heterocycles. The van der Waals surface area contributed by atoms with Crippen molar-refractivity contribution < 1.29 is 5.11 Å². The van der Waals surface area contributed by atoms with Gasteiger partial charge in [0.15, 0.2) is 0 Å². The molecule has 0 fully saturated rings. The molecule has 17 heavy (non-hydrogen) atoms. The van der Waals surface area contributed by atoms with Crippen LogP contribution in [-0.2, 0) is 6.54 Å². The Morgan fingerprint density at radius 3 is 3.00 bits per heavy atom. The van der Waals surface area contributed by atoms with Crippen LogP contribution in [0.15, 0.2) is 24.5 Å². The third-order valence-electron chi connectivity index (χ3n) is 2.68. The van der Waals surface area contributed by atoms with Gasteiger partial charge >= 0.3 is 0 Å². The van der Waals surface area contributed by atoms with Crippen LogP contribution >= 0.6 is 0 Å². The maximum absolute atomic E-state index is 9.66. The first-order valence-corrected chi connectivity index (χ1v) is 5.54. The number of pyridine rings is 1. The van der Waals surface area contributed by atoms with Gasteiger partial charge in [-0.3, -0.25) is 10.1 Å². The first kappa shape index (κ1) is 11.6. The van der Waals surface area contributed by atoms with Gasteiger partial charge < -0.3 is 10.4 Å². The highest BCUT2D eigenvalue weighted by Crippen LogP contribution is 2.16. The topological polar surface area (TPSA) is 73.8 Å². The van der Waals surface area contributed by atoms with Gasteiger partial charge in [0.2, 0.25) is 0 Å². The number of aryl methyl sites for hydroxylation is 1. The molecule has 90 valence electrons. The van der Waals surface area contributed by atoms with Crippen molar-refractivity contribution in [2.75, 3.05) is 0 Å². The molecule has 0 saturated carbocycles. The minimum Gasteiger partial charge on any atom is -0.506 e. The minimum atomic E-state index is 0.162. The molecule has 0 aliphatic heterocycles. The zero-order valence-electron chi connectivity index (χ0n) is 9.94. The van der Waals surface area contributed by atoms with Gasteiger partial charge in [-0.1, -0.05) is 0 Å². The SMILES string of the molecule is Cc1ccc(O)c(CNC(C)c2cn[nH]c2)n1. The Morgan fingerprint density at radius 1 is 1.47 bits per heavy atom. The van der Waals surface area contributed by atoms with Crippen molar-refractivity contribution in [1.82, 2.24) is 20.5 Å². The van der Waals surface area contributed by atoms with Crippen LogP contribution in [0.4, 0.5) is 0 Å². The molecule has 2 rings (SSSR count). The van der Waals surface area contributed by atoms with Crippen LogP contribution in [0.25, 0.3) is 0 Å². The highest BCUT2D eigenvalue weighted by Gasteiger charge is 2.08. The number of hydrogen-bond donors (Lipinski definition) is 3. The predicted octanol–water partition coefficient (Wildman–Crippen LogP) is 1.67. The van der Waals surface area contributed by atoms with E-state index in [4.69, 9.17) is 0 Å². The van der Waals surface area contributed by atoms with Gasteiger partial charge in [-0.25, -0.2) is 0 Å². The van der Waals surface area contributed by atoms with E-state index >= 15 is 0 Å². The summed E-state index contributed by atoms with van der Waals surface area (Å²) >= 11 is 0. The van der Waals surface area contributed by atoms with Gasteiger partial charge in [-0.15, -0.1) is 0 Å². The van der Waals surface area contributed by atoms with E-state index in [0.29, 0.717) is 12.2 Å². The molecule has 2 aromatic rings. The first-order chi connectivity index (χ1) is 8.16. The van der Waals surface area contributed by atoms with Gasteiger partial charge in [0.1, 0.15) is 5.75 Å². The number of nitrogens with one attached hydrogen (secondary N) is 2. The summed E-state index contributed by atoms with van der Waals surface area (Å²) < 4.78 is 0. The Morgan fingerprint density at radius 2 is 2.29 bits per heavy atom. The molecule has 0 radical (unpaired) electrons. The molecule has 1 atom stereocenters. The summed E-state index contributed by atoms with van der Waals surface area (Å²) in [6.07, 6.45) is 3.63. The summed E-state index contributed by atoms with van der Waals surface area (Å²) in [7, 11) is 0. The van der Waals surface area contributed by atoms with Crippen molar-refractivity contribution in [2.24, 2.45) is 0 Å². The number of aromatic nitrogens is 3. The largest absolute Gasteiger partial charge is 0.506 e. The lowest BCUT2D eigenvalue weighted by Crippen LogP contribution is -2.18. The molecular weight excluding hydrogens is 216 g/mol. The van der Waals surface area contributed by atoms with Gasteiger partial charge in [-0.05, 0) is 26.0 Å². The third-order valence-corrected chi connectivity index (χ3v) is 2.68. The van der Waals surface area contributed by atoms with E-state index in [1.807, 2.05) is 20.0 Å². The smallest absolute Gasteiger partial charge is 0.138 e. The zero-order chi connectivity index (χ0) is 12.3. The quantitative estimate of drug-likeness (QED) is 0.749. The first-order valence-electron chi connectivity index (χ1n) is 5.54. The molecule has 1 unspecified atom stereocenters. The molecule has 0 aliphatic carbocycles. The lowest BCUT2D eigenvalue weighted by atomic mass is 10.2. The van der Waals surface area contributed by atoms with Crippen LogP contribution in [0.5, 0.6) is 5.75 Å². The molecule has 2 aromatic heterocycles. The number of hydrogen-bond acceptors (Lipinski definition) is 4. The number of rotatable bonds is 4. The number of H-pyrrole nitrogens is 1. The highest BCUT2D eigenvalue weighted by molar-refractivity contribution is 5.27. The van der Waals surface area contributed by atoms with Crippen LogP contribution in [0.3, 0.4) is 0 Å². The maximum atomic E-state index is 9.66. The summed E-state index contributed by atoms with van der Waals surface area (Å²) in [5.41, 5.74) is 2.65. The fourth-order valence-electron chi connectivity index (χ4n) is 1.60. The Hall–Kier alpha value is -1.88. The molecule has 0 bridgehead atoms. The van der Waals surface area contributed by atoms with Crippen LogP contribution in [-0.4, -0.2) is 20.3 Å². The van der Waals surface area contributed by atoms with E-state index in [0.717, 1.165) is 11.3 Å². The highest BCUT2D eigenvalue weighted by atomic mass is 16.3. The van der Waals surface area contributed by atoms with Crippen molar-refractivity contribution in [1.29, 1.82) is 0 Å². The molecule has 0 aliphatic rings. The van der Waals surface area contributed by atoms with E-state index in [-0.39, 0.29) is 11.8 Å². The summed E-state index contributed by atoms with van der Waals surface area (Å²) in [5, 5.41) is 19.6. The van der Waals surface area contributed by atoms with Crippen molar-refractivity contribution in [3.05, 3.63) is 41.5 Å². The van der Waals surface area contributed by atoms with Gasteiger partial charge in [-0.2, -0.15) is 5.10 Å². The Balaban J connectivity index is 2.00. The third kappa shape index (κ3) is 2.82. The van der Waals surface area contributed by atoms with E-state index < -0.39 is 0 Å². The van der Waals surface area contributed by atoms with Gasteiger partial charge in [0.25, 0.3) is 0 Å². The second kappa shape index (κ2) is 4.97. The molecule has 0 saturated heterocycles. The molecule has 0 spiro atoms. The Bertz CT molecular complexity index is 481. The van der Waals surface area contributed by atoms with E-state index in [9.17, 15) is 5.11 Å². The molecule has 5 heteroatoms. The monoisotopic (exact) mass is 232 g/mol. The van der Waals surface area contributed by atoms with Crippen molar-refractivity contribution in [3.63, 3.8) is 0 Å². The zero-order valence-corrected chi connectivity index (χ0v) is 9.94. The van der Waals surface area contributed by atoms with Crippen LogP contribution < -0.4 is 5.32 Å². The van der Waals surface area contributed by atoms with Crippen molar-refractivity contribution in [2.45, 2.75) is 26.4 Å². The molecule has 3 N–H and O–H groups in total. The lowest BCUT2D eigenvalue weighted by Gasteiger charge is -2.12. The normalized spacial score (nSPS) is 12.6. The van der Waals surface area contributed by atoms with Crippen molar-refractivity contribution in [3.8, 4) is 5.75 Å². The molecule has 5 nitrogen and oxygen atoms in total. The van der Waals surface area contributed by atoms with Crippen molar-refractivity contribution >= 4 is 0 Å². The summed E-state index contributed by atoms with van der Waals surface area (Å²) in [4.78, 5) is 4.29. The molecular formula is C12H16N4O. The van der Waals surface area contributed by atoms with Crippen LogP contribution in [0.2, 0.25) is 0 Å². The lowest BCUT2D eigenvalue weighted by molar-refractivity contribution is 0.454. The predicted molar refractivity (Wildman–Crippen MR) is 64.5 cm³/mol. The second-order valence-corrected chi connectivity index (χ2v) is 4.05. The van der Waals surface area contributed by atoms with Gasteiger partial charge in [0, 0.05) is 30.0 Å². The average Bonchev–Trinajstić information content (AvgIpc) is 2.83. The Kier molecular flexibility index (Phi) is 3.39. The molecule has 0 amide bonds. The molecule has 0 aromatic carbocycles. The van der Waals surface area contributed by atoms with Gasteiger partial charge in [0.05, 0.1) is 11.9 Å². The fraction of sp³-hybridized carbons (Fsp3) is 0.333. The summed E-state index contributed by atoms with van der Waals surface area (Å²) in [6.45, 7) is 4.47. The fourth-order valence-corrected chi connectivity index (χ4v) is 1.60.